The maximum atomic E-state index is 12.0. The van der Waals surface area contributed by atoms with E-state index in [1.807, 2.05) is 0 Å². The lowest BCUT2D eigenvalue weighted by molar-refractivity contribution is -0.0498. The van der Waals surface area contributed by atoms with Crippen LogP contribution in [-0.2, 0) is 0 Å². The van der Waals surface area contributed by atoms with Crippen molar-refractivity contribution in [2.24, 2.45) is 4.99 Å². The fourth-order valence-corrected chi connectivity index (χ4v) is 2.61. The summed E-state index contributed by atoms with van der Waals surface area (Å²) in [6.07, 6.45) is 1.03. The Bertz CT molecular complexity index is 423. The second-order valence-electron chi connectivity index (χ2n) is 3.84. The lowest BCUT2D eigenvalue weighted by Gasteiger charge is -2.07. The highest BCUT2D eigenvalue weighted by Gasteiger charge is 2.16. The summed E-state index contributed by atoms with van der Waals surface area (Å²) in [6.45, 7) is -0.683. The molecule has 0 radical (unpaired) electrons. The van der Waals surface area contributed by atoms with Gasteiger partial charge in [-0.1, -0.05) is 18.7 Å². The summed E-state index contributed by atoms with van der Waals surface area (Å²) in [6, 6.07) is 6.77. The summed E-state index contributed by atoms with van der Waals surface area (Å²) in [5.41, 5.74) is 0.819. The van der Waals surface area contributed by atoms with Gasteiger partial charge >= 0.3 is 6.61 Å². The van der Waals surface area contributed by atoms with Gasteiger partial charge in [0.15, 0.2) is 5.17 Å². The van der Waals surface area contributed by atoms with Crippen LogP contribution in [0.25, 0.3) is 0 Å². The minimum absolute atomic E-state index is 0.156. The Labute approximate surface area is 109 Å². The Morgan fingerprint density at radius 1 is 1.44 bits per heavy atom. The van der Waals surface area contributed by atoms with Crippen LogP contribution in [-0.4, -0.2) is 23.6 Å². The van der Waals surface area contributed by atoms with E-state index in [1.165, 1.54) is 12.1 Å². The van der Waals surface area contributed by atoms with Gasteiger partial charge in [-0.15, -0.1) is 0 Å². The van der Waals surface area contributed by atoms with Crippen molar-refractivity contribution >= 4 is 22.6 Å². The van der Waals surface area contributed by atoms with E-state index in [-0.39, 0.29) is 5.75 Å². The molecule has 98 valence electrons. The molecule has 18 heavy (non-hydrogen) atoms. The second-order valence-corrected chi connectivity index (χ2v) is 4.84. The molecule has 1 atom stereocenters. The highest BCUT2D eigenvalue weighted by atomic mass is 32.2. The molecule has 6 heteroatoms. The van der Waals surface area contributed by atoms with E-state index in [9.17, 15) is 8.78 Å². The third-order valence-electron chi connectivity index (χ3n) is 2.51. The summed E-state index contributed by atoms with van der Waals surface area (Å²) in [7, 11) is 0. The highest BCUT2D eigenvalue weighted by Crippen LogP contribution is 2.23. The van der Waals surface area contributed by atoms with Crippen molar-refractivity contribution in [3.63, 3.8) is 0 Å². The molecule has 0 saturated heterocycles. The lowest BCUT2D eigenvalue weighted by Crippen LogP contribution is -2.06. The minimum atomic E-state index is -2.79. The molecule has 0 saturated carbocycles. The molecular formula is C12H14F2N2OS. The van der Waals surface area contributed by atoms with Gasteiger partial charge in [-0.25, -0.2) is 0 Å². The molecule has 0 amide bonds. The van der Waals surface area contributed by atoms with Gasteiger partial charge in [0, 0.05) is 11.4 Å². The molecule has 0 fully saturated rings. The zero-order valence-electron chi connectivity index (χ0n) is 9.90. The first-order valence-electron chi connectivity index (χ1n) is 5.70. The molecule has 1 heterocycles. The summed E-state index contributed by atoms with van der Waals surface area (Å²) in [5, 5.41) is 4.03. The second kappa shape index (κ2) is 6.04. The highest BCUT2D eigenvalue weighted by molar-refractivity contribution is 8.14. The number of hydrogen-bond acceptors (Lipinski definition) is 4. The van der Waals surface area contributed by atoms with Gasteiger partial charge in [0.1, 0.15) is 5.75 Å². The lowest BCUT2D eigenvalue weighted by atomic mass is 10.3. The van der Waals surface area contributed by atoms with E-state index >= 15 is 0 Å². The molecule has 0 aromatic heterocycles. The largest absolute Gasteiger partial charge is 0.435 e. The first-order valence-corrected chi connectivity index (χ1v) is 6.68. The molecular weight excluding hydrogens is 258 g/mol. The molecule has 1 aromatic rings. The van der Waals surface area contributed by atoms with Gasteiger partial charge in [0.05, 0.1) is 6.04 Å². The van der Waals surface area contributed by atoms with Crippen LogP contribution in [0.2, 0.25) is 0 Å². The first-order chi connectivity index (χ1) is 8.67. The zero-order chi connectivity index (χ0) is 13.0. The molecule has 1 aromatic carbocycles. The summed E-state index contributed by atoms with van der Waals surface area (Å²) < 4.78 is 28.2. The van der Waals surface area contributed by atoms with Crippen molar-refractivity contribution in [2.45, 2.75) is 26.0 Å². The van der Waals surface area contributed by atoms with Crippen molar-refractivity contribution in [2.75, 3.05) is 11.1 Å². The normalized spacial score (nSPS) is 18.9. The topological polar surface area (TPSA) is 33.6 Å². The molecule has 2 rings (SSSR count). The van der Waals surface area contributed by atoms with Crippen molar-refractivity contribution in [3.05, 3.63) is 24.3 Å². The number of amidine groups is 1. The van der Waals surface area contributed by atoms with Crippen LogP contribution in [0.3, 0.4) is 0 Å². The Balaban J connectivity index is 1.94. The number of halogens is 2. The van der Waals surface area contributed by atoms with Crippen LogP contribution in [0, 0.1) is 0 Å². The fourth-order valence-electron chi connectivity index (χ4n) is 1.54. The number of rotatable bonds is 4. The molecule has 1 unspecified atom stereocenters. The average molecular weight is 272 g/mol. The average Bonchev–Trinajstić information content (AvgIpc) is 2.79. The number of aliphatic imine (C=N–C) groups is 1. The van der Waals surface area contributed by atoms with Gasteiger partial charge in [-0.05, 0) is 30.7 Å². The number of hydrogen-bond donors (Lipinski definition) is 1. The van der Waals surface area contributed by atoms with Crippen LogP contribution in [0.15, 0.2) is 29.3 Å². The molecule has 3 nitrogen and oxygen atoms in total. The van der Waals surface area contributed by atoms with Crippen LogP contribution in [0.5, 0.6) is 5.75 Å². The smallest absolute Gasteiger partial charge is 0.387 e. The zero-order valence-corrected chi connectivity index (χ0v) is 10.7. The van der Waals surface area contributed by atoms with Crippen molar-refractivity contribution in [1.29, 1.82) is 0 Å². The molecule has 0 aliphatic carbocycles. The van der Waals surface area contributed by atoms with E-state index < -0.39 is 6.61 Å². The molecule has 0 bridgehead atoms. The third kappa shape index (κ3) is 3.60. The van der Waals surface area contributed by atoms with Gasteiger partial charge in [0.2, 0.25) is 0 Å². The van der Waals surface area contributed by atoms with Crippen molar-refractivity contribution in [1.82, 2.24) is 0 Å². The molecule has 0 spiro atoms. The third-order valence-corrected chi connectivity index (χ3v) is 3.55. The standard InChI is InChI=1S/C12H14F2N2OS/c1-2-8-7-18-12(15-8)16-9-3-5-10(6-4-9)17-11(13)14/h3-6,8,11H,2,7H2,1H3,(H,15,16). The van der Waals surface area contributed by atoms with Crippen molar-refractivity contribution < 1.29 is 13.5 Å². The predicted molar refractivity (Wildman–Crippen MR) is 70.7 cm³/mol. The summed E-state index contributed by atoms with van der Waals surface area (Å²) >= 11 is 1.67. The molecule has 1 aliphatic heterocycles. The molecule has 1 N–H and O–H groups in total. The summed E-state index contributed by atoms with van der Waals surface area (Å²) in [4.78, 5) is 4.49. The number of anilines is 1. The van der Waals surface area contributed by atoms with Gasteiger partial charge in [0.25, 0.3) is 0 Å². The number of thioether (sulfide) groups is 1. The summed E-state index contributed by atoms with van der Waals surface area (Å²) in [5.74, 6) is 1.15. The van der Waals surface area contributed by atoms with Gasteiger partial charge in [-0.2, -0.15) is 8.78 Å². The number of alkyl halides is 2. The predicted octanol–water partition coefficient (Wildman–Crippen LogP) is 3.58. The quantitative estimate of drug-likeness (QED) is 0.909. The SMILES string of the molecule is CCC1CSC(Nc2ccc(OC(F)F)cc2)=N1. The molecule has 1 aliphatic rings. The fraction of sp³-hybridized carbons (Fsp3) is 0.417. The van der Waals surface area contributed by atoms with E-state index in [0.717, 1.165) is 23.0 Å². The van der Waals surface area contributed by atoms with Crippen LogP contribution in [0.1, 0.15) is 13.3 Å². The number of nitrogens with one attached hydrogen (secondary N) is 1. The van der Waals surface area contributed by atoms with Gasteiger partial charge in [-0.3, -0.25) is 4.99 Å². The number of nitrogens with zero attached hydrogens (tertiary/aromatic N) is 1. The Morgan fingerprint density at radius 3 is 2.72 bits per heavy atom. The van der Waals surface area contributed by atoms with Crippen LogP contribution < -0.4 is 10.1 Å². The van der Waals surface area contributed by atoms with Crippen LogP contribution in [0.4, 0.5) is 14.5 Å². The van der Waals surface area contributed by atoms with E-state index in [2.05, 4.69) is 22.0 Å². The Morgan fingerprint density at radius 2 is 2.17 bits per heavy atom. The maximum absolute atomic E-state index is 12.0. The van der Waals surface area contributed by atoms with E-state index in [0.29, 0.717) is 6.04 Å². The van der Waals surface area contributed by atoms with Gasteiger partial charge < -0.3 is 10.1 Å². The Hall–Kier alpha value is -1.30. The first kappa shape index (κ1) is 13.1. The monoisotopic (exact) mass is 272 g/mol. The van der Waals surface area contributed by atoms with E-state index in [1.54, 1.807) is 23.9 Å². The van der Waals surface area contributed by atoms with Crippen molar-refractivity contribution in [3.8, 4) is 5.75 Å². The number of ether oxygens (including phenoxy) is 1. The van der Waals surface area contributed by atoms with E-state index in [4.69, 9.17) is 0 Å². The van der Waals surface area contributed by atoms with Crippen LogP contribution >= 0.6 is 11.8 Å². The minimum Gasteiger partial charge on any atom is -0.435 e. The maximum Gasteiger partial charge on any atom is 0.387 e. The number of benzene rings is 1. The Kier molecular flexibility index (Phi) is 4.41.